The molecule has 0 spiro atoms. The zero-order valence-electron chi connectivity index (χ0n) is 12.8. The van der Waals surface area contributed by atoms with Crippen LogP contribution in [-0.2, 0) is 20.1 Å². The molecule has 1 amide bonds. The molecule has 0 unspecified atom stereocenters. The lowest BCUT2D eigenvalue weighted by molar-refractivity contribution is -0.150. The number of esters is 1. The fourth-order valence-electron chi connectivity index (χ4n) is 1.74. The van der Waals surface area contributed by atoms with Crippen molar-refractivity contribution in [3.05, 3.63) is 51.4 Å². The number of anilines is 1. The summed E-state index contributed by atoms with van der Waals surface area (Å²) in [5, 5.41) is 4.56. The summed E-state index contributed by atoms with van der Waals surface area (Å²) in [4.78, 5) is 24.9. The molecule has 4 nitrogen and oxygen atoms in total. The maximum absolute atomic E-state index is 13.6. The van der Waals surface area contributed by atoms with E-state index in [0.717, 1.165) is 10.9 Å². The first-order chi connectivity index (χ1) is 11.5. The van der Waals surface area contributed by atoms with Gasteiger partial charge in [-0.3, -0.25) is 9.59 Å². The quantitative estimate of drug-likeness (QED) is 0.718. The SMILES string of the molecule is C[C@@H](OC(=O)CSCc1cccs1)C(=O)Nc1ccc(Cl)cc1F. The van der Waals surface area contributed by atoms with Crippen LogP contribution in [0, 0.1) is 5.82 Å². The summed E-state index contributed by atoms with van der Waals surface area (Å²) in [6.07, 6.45) is -1.02. The number of hydrogen-bond donors (Lipinski definition) is 1. The maximum Gasteiger partial charge on any atom is 0.316 e. The minimum absolute atomic E-state index is 0.0145. The third-order valence-electron chi connectivity index (χ3n) is 2.91. The molecule has 0 aliphatic rings. The van der Waals surface area contributed by atoms with Gasteiger partial charge >= 0.3 is 5.97 Å². The first-order valence-electron chi connectivity index (χ1n) is 7.01. The van der Waals surface area contributed by atoms with Crippen molar-refractivity contribution in [1.29, 1.82) is 0 Å². The van der Waals surface area contributed by atoms with E-state index in [1.54, 1.807) is 11.3 Å². The van der Waals surface area contributed by atoms with Gasteiger partial charge in [-0.05, 0) is 36.6 Å². The lowest BCUT2D eigenvalue weighted by Crippen LogP contribution is -2.30. The van der Waals surface area contributed by atoms with E-state index in [-0.39, 0.29) is 16.5 Å². The Balaban J connectivity index is 1.76. The summed E-state index contributed by atoms with van der Waals surface area (Å²) in [5.41, 5.74) is -0.0145. The molecule has 1 aromatic heterocycles. The van der Waals surface area contributed by atoms with Gasteiger partial charge in [-0.25, -0.2) is 4.39 Å². The van der Waals surface area contributed by atoms with E-state index < -0.39 is 23.8 Å². The fraction of sp³-hybridized carbons (Fsp3) is 0.250. The van der Waals surface area contributed by atoms with E-state index in [2.05, 4.69) is 5.32 Å². The van der Waals surface area contributed by atoms with Gasteiger partial charge in [-0.15, -0.1) is 23.1 Å². The molecule has 2 aromatic rings. The van der Waals surface area contributed by atoms with Crippen LogP contribution < -0.4 is 5.32 Å². The lowest BCUT2D eigenvalue weighted by Gasteiger charge is -2.14. The molecule has 2 rings (SSSR count). The summed E-state index contributed by atoms with van der Waals surface area (Å²) >= 11 is 8.67. The van der Waals surface area contributed by atoms with E-state index in [1.807, 2.05) is 17.5 Å². The zero-order valence-corrected chi connectivity index (χ0v) is 15.1. The lowest BCUT2D eigenvalue weighted by atomic mass is 10.3. The number of carbonyl (C=O) groups is 2. The van der Waals surface area contributed by atoms with Crippen LogP contribution in [0.1, 0.15) is 11.8 Å². The van der Waals surface area contributed by atoms with Gasteiger partial charge in [0.15, 0.2) is 6.10 Å². The summed E-state index contributed by atoms with van der Waals surface area (Å²) in [6.45, 7) is 1.44. The standard InChI is InChI=1S/C16H15ClFNO3S2/c1-10(16(21)19-14-5-4-11(17)7-13(14)18)22-15(20)9-23-8-12-3-2-6-24-12/h2-7,10H,8-9H2,1H3,(H,19,21)/t10-/m1/s1. The number of hydrogen-bond acceptors (Lipinski definition) is 5. The first kappa shape index (κ1) is 18.8. The van der Waals surface area contributed by atoms with Crippen molar-refractivity contribution in [2.24, 2.45) is 0 Å². The van der Waals surface area contributed by atoms with Crippen molar-refractivity contribution in [3.63, 3.8) is 0 Å². The highest BCUT2D eigenvalue weighted by Crippen LogP contribution is 2.20. The summed E-state index contributed by atoms with van der Waals surface area (Å²) in [7, 11) is 0. The van der Waals surface area contributed by atoms with Crippen LogP contribution in [0.15, 0.2) is 35.7 Å². The molecule has 0 saturated heterocycles. The molecule has 1 aromatic carbocycles. The second-order valence-corrected chi connectivity index (χ2v) is 7.27. The molecule has 1 atom stereocenters. The monoisotopic (exact) mass is 387 g/mol. The second-order valence-electron chi connectivity index (χ2n) is 4.82. The van der Waals surface area contributed by atoms with Gasteiger partial charge in [0.05, 0.1) is 11.4 Å². The van der Waals surface area contributed by atoms with Gasteiger partial charge in [0.2, 0.25) is 0 Å². The van der Waals surface area contributed by atoms with Crippen LogP contribution >= 0.6 is 34.7 Å². The van der Waals surface area contributed by atoms with Gasteiger partial charge in [0.25, 0.3) is 5.91 Å². The third-order valence-corrected chi connectivity index (χ3v) is 5.16. The van der Waals surface area contributed by atoms with Crippen LogP contribution in [0.4, 0.5) is 10.1 Å². The zero-order chi connectivity index (χ0) is 17.5. The number of halogens is 2. The molecular weight excluding hydrogens is 373 g/mol. The molecule has 1 N–H and O–H groups in total. The van der Waals surface area contributed by atoms with Crippen LogP contribution in [0.2, 0.25) is 5.02 Å². The van der Waals surface area contributed by atoms with E-state index >= 15 is 0 Å². The Hall–Kier alpha value is -1.57. The Labute approximate surface area is 152 Å². The summed E-state index contributed by atoms with van der Waals surface area (Å²) in [5.74, 6) is -0.891. The molecule has 0 bridgehead atoms. The third kappa shape index (κ3) is 5.81. The highest BCUT2D eigenvalue weighted by molar-refractivity contribution is 7.99. The van der Waals surface area contributed by atoms with Gasteiger partial charge in [0.1, 0.15) is 5.82 Å². The Morgan fingerprint density at radius 2 is 2.21 bits per heavy atom. The van der Waals surface area contributed by atoms with Crippen molar-refractivity contribution in [2.45, 2.75) is 18.8 Å². The molecule has 0 aliphatic heterocycles. The number of benzene rings is 1. The van der Waals surface area contributed by atoms with Crippen molar-refractivity contribution in [3.8, 4) is 0 Å². The molecule has 8 heteroatoms. The van der Waals surface area contributed by atoms with Gasteiger partial charge in [-0.1, -0.05) is 17.7 Å². The van der Waals surface area contributed by atoms with Gasteiger partial charge < -0.3 is 10.1 Å². The number of amides is 1. The maximum atomic E-state index is 13.6. The first-order valence-corrected chi connectivity index (χ1v) is 9.42. The van der Waals surface area contributed by atoms with Gasteiger partial charge in [0, 0.05) is 15.7 Å². The average Bonchev–Trinajstić information content (AvgIpc) is 3.03. The predicted molar refractivity (Wildman–Crippen MR) is 96.1 cm³/mol. The molecule has 0 aliphatic carbocycles. The minimum atomic E-state index is -1.02. The molecule has 0 radical (unpaired) electrons. The van der Waals surface area contributed by atoms with E-state index in [9.17, 15) is 14.0 Å². The average molecular weight is 388 g/mol. The minimum Gasteiger partial charge on any atom is -0.452 e. The van der Waals surface area contributed by atoms with Crippen molar-refractivity contribution < 1.29 is 18.7 Å². The van der Waals surface area contributed by atoms with E-state index in [0.29, 0.717) is 5.75 Å². The highest BCUT2D eigenvalue weighted by atomic mass is 35.5. The smallest absolute Gasteiger partial charge is 0.316 e. The topological polar surface area (TPSA) is 55.4 Å². The van der Waals surface area contributed by atoms with E-state index in [1.165, 1.54) is 30.8 Å². The Bertz CT molecular complexity index is 709. The summed E-state index contributed by atoms with van der Waals surface area (Å²) < 4.78 is 18.7. The molecule has 1 heterocycles. The Morgan fingerprint density at radius 1 is 1.42 bits per heavy atom. The number of carbonyl (C=O) groups excluding carboxylic acids is 2. The van der Waals surface area contributed by atoms with Crippen LogP contribution in [0.5, 0.6) is 0 Å². The van der Waals surface area contributed by atoms with Crippen molar-refractivity contribution in [2.75, 3.05) is 11.1 Å². The Morgan fingerprint density at radius 3 is 2.88 bits per heavy atom. The molecule has 0 saturated carbocycles. The van der Waals surface area contributed by atoms with Crippen molar-refractivity contribution in [1.82, 2.24) is 0 Å². The fourth-order valence-corrected chi connectivity index (χ4v) is 3.54. The highest BCUT2D eigenvalue weighted by Gasteiger charge is 2.19. The number of ether oxygens (including phenoxy) is 1. The second kappa shape index (κ2) is 9.05. The number of thiophene rings is 1. The van der Waals surface area contributed by atoms with Crippen molar-refractivity contribution >= 4 is 52.3 Å². The molecular formula is C16H15ClFNO3S2. The largest absolute Gasteiger partial charge is 0.452 e. The molecule has 128 valence electrons. The van der Waals surface area contributed by atoms with E-state index in [4.69, 9.17) is 16.3 Å². The van der Waals surface area contributed by atoms with Crippen LogP contribution in [0.25, 0.3) is 0 Å². The number of rotatable bonds is 7. The predicted octanol–water partition coefficient (Wildman–Crippen LogP) is 4.34. The normalized spacial score (nSPS) is 11.8. The molecule has 24 heavy (non-hydrogen) atoms. The number of nitrogens with one attached hydrogen (secondary N) is 1. The van der Waals surface area contributed by atoms with Crippen LogP contribution in [-0.4, -0.2) is 23.7 Å². The molecule has 0 fully saturated rings. The van der Waals surface area contributed by atoms with Gasteiger partial charge in [-0.2, -0.15) is 0 Å². The number of thioether (sulfide) groups is 1. The Kier molecular flexibility index (Phi) is 7.08. The van der Waals surface area contributed by atoms with Crippen LogP contribution in [0.3, 0.4) is 0 Å². The summed E-state index contributed by atoms with van der Waals surface area (Å²) in [6, 6.07) is 7.83.